The van der Waals surface area contributed by atoms with E-state index in [1.165, 1.54) is 12.8 Å². The standard InChI is InChI=1S/C14H27N3O/c1-3-11(2)15-10-14(18)16-12-6-8-17(9-7-12)13-4-5-13/h11-13,15H,3-10H2,1-2H3,(H,16,18). The summed E-state index contributed by atoms with van der Waals surface area (Å²) in [6.45, 7) is 7.02. The van der Waals surface area contributed by atoms with Gasteiger partial charge in [0.05, 0.1) is 6.54 Å². The molecule has 0 aromatic heterocycles. The van der Waals surface area contributed by atoms with Crippen molar-refractivity contribution in [3.05, 3.63) is 0 Å². The summed E-state index contributed by atoms with van der Waals surface area (Å²) < 4.78 is 0. The molecule has 1 aliphatic heterocycles. The molecule has 1 amide bonds. The molecule has 0 aromatic carbocycles. The van der Waals surface area contributed by atoms with Gasteiger partial charge in [-0.25, -0.2) is 0 Å². The van der Waals surface area contributed by atoms with E-state index in [1.54, 1.807) is 0 Å². The Morgan fingerprint density at radius 2 is 1.94 bits per heavy atom. The minimum atomic E-state index is 0.153. The Kier molecular flexibility index (Phi) is 5.01. The second-order valence-electron chi connectivity index (χ2n) is 5.80. The highest BCUT2D eigenvalue weighted by Crippen LogP contribution is 2.29. The third kappa shape index (κ3) is 4.25. The van der Waals surface area contributed by atoms with Crippen LogP contribution in [0.2, 0.25) is 0 Å². The maximum atomic E-state index is 11.8. The molecule has 1 saturated heterocycles. The molecule has 2 aliphatic rings. The predicted octanol–water partition coefficient (Wildman–Crippen LogP) is 1.12. The van der Waals surface area contributed by atoms with Crippen molar-refractivity contribution >= 4 is 5.91 Å². The number of nitrogens with zero attached hydrogens (tertiary/aromatic N) is 1. The van der Waals surface area contributed by atoms with Gasteiger partial charge >= 0.3 is 0 Å². The van der Waals surface area contributed by atoms with Gasteiger partial charge in [-0.05, 0) is 39.0 Å². The SMILES string of the molecule is CCC(C)NCC(=O)NC1CCN(C2CC2)CC1. The van der Waals surface area contributed by atoms with E-state index in [1.807, 2.05) is 0 Å². The van der Waals surface area contributed by atoms with Gasteiger partial charge in [-0.1, -0.05) is 6.92 Å². The van der Waals surface area contributed by atoms with Gasteiger partial charge < -0.3 is 15.5 Å². The molecule has 1 aliphatic carbocycles. The van der Waals surface area contributed by atoms with E-state index in [0.717, 1.165) is 38.4 Å². The van der Waals surface area contributed by atoms with Crippen LogP contribution in [0.15, 0.2) is 0 Å². The van der Waals surface area contributed by atoms with Crippen LogP contribution in [0.4, 0.5) is 0 Å². The number of nitrogens with one attached hydrogen (secondary N) is 2. The summed E-state index contributed by atoms with van der Waals surface area (Å²) in [5, 5.41) is 6.39. The van der Waals surface area contributed by atoms with Gasteiger partial charge in [0.25, 0.3) is 0 Å². The van der Waals surface area contributed by atoms with Crippen molar-refractivity contribution in [1.82, 2.24) is 15.5 Å². The summed E-state index contributed by atoms with van der Waals surface area (Å²) >= 11 is 0. The lowest BCUT2D eigenvalue weighted by Gasteiger charge is -2.32. The number of hydrogen-bond donors (Lipinski definition) is 2. The van der Waals surface area contributed by atoms with Crippen molar-refractivity contribution < 1.29 is 4.79 Å². The molecule has 2 N–H and O–H groups in total. The molecule has 0 radical (unpaired) electrons. The predicted molar refractivity (Wildman–Crippen MR) is 73.5 cm³/mol. The second kappa shape index (κ2) is 6.53. The van der Waals surface area contributed by atoms with Crippen molar-refractivity contribution in [3.8, 4) is 0 Å². The Bertz CT molecular complexity index is 270. The first-order valence-electron chi connectivity index (χ1n) is 7.45. The van der Waals surface area contributed by atoms with E-state index in [9.17, 15) is 4.79 Å². The maximum absolute atomic E-state index is 11.8. The van der Waals surface area contributed by atoms with Gasteiger partial charge in [-0.3, -0.25) is 4.79 Å². The molecule has 2 fully saturated rings. The highest BCUT2D eigenvalue weighted by atomic mass is 16.2. The third-order valence-corrected chi connectivity index (χ3v) is 4.18. The lowest BCUT2D eigenvalue weighted by atomic mass is 10.0. The van der Waals surface area contributed by atoms with E-state index in [-0.39, 0.29) is 5.91 Å². The van der Waals surface area contributed by atoms with Gasteiger partial charge in [0, 0.05) is 31.2 Å². The first kappa shape index (κ1) is 13.8. The maximum Gasteiger partial charge on any atom is 0.234 e. The van der Waals surface area contributed by atoms with Crippen LogP contribution < -0.4 is 10.6 Å². The zero-order chi connectivity index (χ0) is 13.0. The lowest BCUT2D eigenvalue weighted by molar-refractivity contribution is -0.121. The summed E-state index contributed by atoms with van der Waals surface area (Å²) in [7, 11) is 0. The van der Waals surface area contributed by atoms with Gasteiger partial charge in [-0.15, -0.1) is 0 Å². The summed E-state index contributed by atoms with van der Waals surface area (Å²) in [4.78, 5) is 14.4. The van der Waals surface area contributed by atoms with Crippen molar-refractivity contribution in [2.75, 3.05) is 19.6 Å². The molecule has 104 valence electrons. The summed E-state index contributed by atoms with van der Waals surface area (Å²) in [5.41, 5.74) is 0. The van der Waals surface area contributed by atoms with E-state index < -0.39 is 0 Å². The Balaban J connectivity index is 1.60. The van der Waals surface area contributed by atoms with Crippen LogP contribution in [0.1, 0.15) is 46.0 Å². The number of carbonyl (C=O) groups is 1. The molecule has 18 heavy (non-hydrogen) atoms. The monoisotopic (exact) mass is 253 g/mol. The minimum Gasteiger partial charge on any atom is -0.352 e. The van der Waals surface area contributed by atoms with E-state index in [4.69, 9.17) is 0 Å². The first-order valence-corrected chi connectivity index (χ1v) is 7.45. The van der Waals surface area contributed by atoms with Crippen LogP contribution >= 0.6 is 0 Å². The zero-order valence-corrected chi connectivity index (χ0v) is 11.7. The summed E-state index contributed by atoms with van der Waals surface area (Å²) in [5.74, 6) is 0.153. The quantitative estimate of drug-likeness (QED) is 0.745. The van der Waals surface area contributed by atoms with Crippen molar-refractivity contribution in [1.29, 1.82) is 0 Å². The van der Waals surface area contributed by atoms with E-state index in [0.29, 0.717) is 18.6 Å². The number of rotatable bonds is 6. The van der Waals surface area contributed by atoms with Crippen LogP contribution in [-0.2, 0) is 4.79 Å². The molecular formula is C14H27N3O. The number of amides is 1. The Morgan fingerprint density at radius 1 is 1.28 bits per heavy atom. The van der Waals surface area contributed by atoms with E-state index in [2.05, 4.69) is 29.4 Å². The normalized spacial score (nSPS) is 23.9. The highest BCUT2D eigenvalue weighted by Gasteiger charge is 2.31. The van der Waals surface area contributed by atoms with Crippen LogP contribution in [0.25, 0.3) is 0 Å². The van der Waals surface area contributed by atoms with Gasteiger partial charge in [0.1, 0.15) is 0 Å². The highest BCUT2D eigenvalue weighted by molar-refractivity contribution is 5.78. The average Bonchev–Trinajstić information content (AvgIpc) is 3.21. The van der Waals surface area contributed by atoms with Gasteiger partial charge in [-0.2, -0.15) is 0 Å². The minimum absolute atomic E-state index is 0.153. The fourth-order valence-corrected chi connectivity index (χ4v) is 2.54. The van der Waals surface area contributed by atoms with Crippen molar-refractivity contribution in [3.63, 3.8) is 0 Å². The van der Waals surface area contributed by atoms with Crippen LogP contribution in [0.5, 0.6) is 0 Å². The zero-order valence-electron chi connectivity index (χ0n) is 11.7. The van der Waals surface area contributed by atoms with Gasteiger partial charge in [0.2, 0.25) is 5.91 Å². The third-order valence-electron chi connectivity index (χ3n) is 4.18. The molecule has 1 atom stereocenters. The molecule has 0 bridgehead atoms. The molecule has 1 heterocycles. The molecule has 4 nitrogen and oxygen atoms in total. The average molecular weight is 253 g/mol. The van der Waals surface area contributed by atoms with Crippen molar-refractivity contribution in [2.24, 2.45) is 0 Å². The van der Waals surface area contributed by atoms with Crippen LogP contribution in [0, 0.1) is 0 Å². The molecular weight excluding hydrogens is 226 g/mol. The summed E-state index contributed by atoms with van der Waals surface area (Å²) in [6.07, 6.45) is 6.07. The number of piperidine rings is 1. The lowest BCUT2D eigenvalue weighted by Crippen LogP contribution is -2.48. The summed E-state index contributed by atoms with van der Waals surface area (Å²) in [6, 6.07) is 1.69. The van der Waals surface area contributed by atoms with Crippen LogP contribution in [0.3, 0.4) is 0 Å². The molecule has 2 rings (SSSR count). The van der Waals surface area contributed by atoms with E-state index >= 15 is 0 Å². The van der Waals surface area contributed by atoms with Gasteiger partial charge in [0.15, 0.2) is 0 Å². The first-order chi connectivity index (χ1) is 8.69. The molecule has 0 aromatic rings. The second-order valence-corrected chi connectivity index (χ2v) is 5.80. The number of likely N-dealkylation sites (tertiary alicyclic amines) is 1. The largest absolute Gasteiger partial charge is 0.352 e. The molecule has 4 heteroatoms. The number of hydrogen-bond acceptors (Lipinski definition) is 3. The Morgan fingerprint density at radius 3 is 2.50 bits per heavy atom. The fourth-order valence-electron chi connectivity index (χ4n) is 2.54. The number of carbonyl (C=O) groups excluding carboxylic acids is 1. The smallest absolute Gasteiger partial charge is 0.234 e. The molecule has 1 unspecified atom stereocenters. The topological polar surface area (TPSA) is 44.4 Å². The van der Waals surface area contributed by atoms with Crippen LogP contribution in [-0.4, -0.2) is 48.6 Å². The fraction of sp³-hybridized carbons (Fsp3) is 0.929. The Labute approximate surface area is 110 Å². The molecule has 1 saturated carbocycles. The Hall–Kier alpha value is -0.610. The van der Waals surface area contributed by atoms with Crippen molar-refractivity contribution in [2.45, 2.75) is 64.1 Å². The molecule has 0 spiro atoms.